The van der Waals surface area contributed by atoms with Crippen LogP contribution >= 0.6 is 22.6 Å². The lowest BCUT2D eigenvalue weighted by Gasteiger charge is -2.16. The molecule has 0 unspecified atom stereocenters. The van der Waals surface area contributed by atoms with Crippen molar-refractivity contribution in [1.82, 2.24) is 15.0 Å². The fourth-order valence-electron chi connectivity index (χ4n) is 2.93. The molecule has 0 amide bonds. The number of benzene rings is 2. The van der Waals surface area contributed by atoms with Crippen molar-refractivity contribution in [1.29, 1.82) is 0 Å². The van der Waals surface area contributed by atoms with E-state index in [0.717, 1.165) is 40.8 Å². The summed E-state index contributed by atoms with van der Waals surface area (Å²) in [7, 11) is 0. The van der Waals surface area contributed by atoms with E-state index in [1.54, 1.807) is 6.21 Å². The van der Waals surface area contributed by atoms with Gasteiger partial charge in [-0.3, -0.25) is 0 Å². The van der Waals surface area contributed by atoms with Crippen molar-refractivity contribution in [2.24, 2.45) is 5.10 Å². The maximum atomic E-state index is 4.59. The summed E-state index contributed by atoms with van der Waals surface area (Å²) in [5.74, 6) is 1.57. The first-order valence-electron chi connectivity index (χ1n) is 9.14. The molecule has 0 aliphatic carbocycles. The van der Waals surface area contributed by atoms with Crippen LogP contribution in [0.25, 0.3) is 0 Å². The molecule has 2 N–H and O–H groups in total. The van der Waals surface area contributed by atoms with E-state index >= 15 is 0 Å². The normalized spacial score (nSPS) is 13.8. The summed E-state index contributed by atoms with van der Waals surface area (Å²) in [5, 5.41) is 7.53. The molecular formula is C20H20IN7. The summed E-state index contributed by atoms with van der Waals surface area (Å²) in [5.41, 5.74) is 4.88. The van der Waals surface area contributed by atoms with E-state index < -0.39 is 0 Å². The molecule has 8 heteroatoms. The lowest BCUT2D eigenvalue weighted by atomic mass is 10.2. The Morgan fingerprint density at radius 2 is 1.71 bits per heavy atom. The van der Waals surface area contributed by atoms with Crippen LogP contribution in [-0.2, 0) is 0 Å². The number of anilines is 4. The van der Waals surface area contributed by atoms with Crippen molar-refractivity contribution < 1.29 is 0 Å². The van der Waals surface area contributed by atoms with Gasteiger partial charge < -0.3 is 10.2 Å². The molecule has 0 spiro atoms. The second kappa shape index (κ2) is 8.96. The number of para-hydroxylation sites is 1. The summed E-state index contributed by atoms with van der Waals surface area (Å²) in [4.78, 5) is 15.8. The molecule has 0 radical (unpaired) electrons. The first-order valence-corrected chi connectivity index (χ1v) is 10.2. The number of halogens is 1. The molecule has 3 aromatic rings. The zero-order valence-electron chi connectivity index (χ0n) is 15.2. The highest BCUT2D eigenvalue weighted by Gasteiger charge is 2.17. The number of nitrogens with zero attached hydrogens (tertiary/aromatic N) is 5. The fraction of sp³-hybridized carbons (Fsp3) is 0.200. The second-order valence-corrected chi connectivity index (χ2v) is 7.64. The van der Waals surface area contributed by atoms with E-state index in [-0.39, 0.29) is 0 Å². The van der Waals surface area contributed by atoms with Gasteiger partial charge in [-0.25, -0.2) is 5.43 Å². The van der Waals surface area contributed by atoms with Crippen LogP contribution in [0, 0.1) is 3.57 Å². The van der Waals surface area contributed by atoms with Crippen LogP contribution in [0.15, 0.2) is 59.7 Å². The van der Waals surface area contributed by atoms with Gasteiger partial charge in [-0.2, -0.15) is 20.1 Å². The summed E-state index contributed by atoms with van der Waals surface area (Å²) in [6.45, 7) is 1.92. The monoisotopic (exact) mass is 485 g/mol. The van der Waals surface area contributed by atoms with Gasteiger partial charge in [-0.1, -0.05) is 30.3 Å². The van der Waals surface area contributed by atoms with Crippen LogP contribution in [0.1, 0.15) is 18.4 Å². The zero-order chi connectivity index (χ0) is 19.2. The summed E-state index contributed by atoms with van der Waals surface area (Å²) in [6, 6.07) is 18.0. The molecule has 4 rings (SSSR count). The molecule has 0 atom stereocenters. The molecular weight excluding hydrogens is 465 g/mol. The predicted octanol–water partition coefficient (Wildman–Crippen LogP) is 4.27. The third kappa shape index (κ3) is 4.94. The smallest absolute Gasteiger partial charge is 0.250 e. The molecule has 7 nitrogen and oxygen atoms in total. The first-order chi connectivity index (χ1) is 13.8. The Morgan fingerprint density at radius 1 is 0.929 bits per heavy atom. The van der Waals surface area contributed by atoms with Crippen LogP contribution in [-0.4, -0.2) is 34.3 Å². The Hall–Kier alpha value is -2.75. The molecule has 2 aromatic carbocycles. The largest absolute Gasteiger partial charge is 0.341 e. The van der Waals surface area contributed by atoms with Crippen molar-refractivity contribution >= 4 is 52.3 Å². The van der Waals surface area contributed by atoms with E-state index in [9.17, 15) is 0 Å². The Kier molecular flexibility index (Phi) is 5.95. The fourth-order valence-corrected chi connectivity index (χ4v) is 3.50. The average Bonchev–Trinajstić information content (AvgIpc) is 3.24. The van der Waals surface area contributed by atoms with Gasteiger partial charge in [0.25, 0.3) is 0 Å². The Labute approximate surface area is 177 Å². The summed E-state index contributed by atoms with van der Waals surface area (Å²) in [6.07, 6.45) is 4.06. The molecule has 1 aliphatic rings. The lowest BCUT2D eigenvalue weighted by molar-refractivity contribution is 0.883. The number of rotatable bonds is 6. The highest BCUT2D eigenvalue weighted by Crippen LogP contribution is 2.20. The first kappa shape index (κ1) is 18.6. The maximum absolute atomic E-state index is 4.59. The molecule has 1 saturated heterocycles. The number of hydrogen-bond donors (Lipinski definition) is 2. The Bertz CT molecular complexity index is 956. The Balaban J connectivity index is 1.56. The van der Waals surface area contributed by atoms with Crippen LogP contribution in [0.5, 0.6) is 0 Å². The SMILES string of the molecule is Ic1cccc(/C=N\Nc2nc(Nc3ccccc3)nc(N3CCCC3)n2)c1. The van der Waals surface area contributed by atoms with Crippen molar-refractivity contribution in [2.45, 2.75) is 12.8 Å². The van der Waals surface area contributed by atoms with Crippen molar-refractivity contribution in [3.63, 3.8) is 0 Å². The van der Waals surface area contributed by atoms with Crippen LogP contribution in [0.3, 0.4) is 0 Å². The van der Waals surface area contributed by atoms with Crippen LogP contribution in [0.4, 0.5) is 23.5 Å². The molecule has 2 heterocycles. The number of aromatic nitrogens is 3. The van der Waals surface area contributed by atoms with E-state index in [0.29, 0.717) is 17.8 Å². The van der Waals surface area contributed by atoms with Gasteiger partial charge in [0.1, 0.15) is 0 Å². The van der Waals surface area contributed by atoms with Gasteiger partial charge in [-0.15, -0.1) is 0 Å². The highest BCUT2D eigenvalue weighted by atomic mass is 127. The number of hydrazone groups is 1. The van der Waals surface area contributed by atoms with Gasteiger partial charge in [0.2, 0.25) is 17.8 Å². The minimum atomic E-state index is 0.414. The van der Waals surface area contributed by atoms with E-state index in [4.69, 9.17) is 0 Å². The summed E-state index contributed by atoms with van der Waals surface area (Å²) >= 11 is 2.28. The van der Waals surface area contributed by atoms with Crippen LogP contribution in [0.2, 0.25) is 0 Å². The van der Waals surface area contributed by atoms with Crippen molar-refractivity contribution in [2.75, 3.05) is 28.7 Å². The third-order valence-electron chi connectivity index (χ3n) is 4.27. The molecule has 28 heavy (non-hydrogen) atoms. The zero-order valence-corrected chi connectivity index (χ0v) is 17.4. The van der Waals surface area contributed by atoms with E-state index in [2.05, 4.69) is 64.4 Å². The maximum Gasteiger partial charge on any atom is 0.250 e. The van der Waals surface area contributed by atoms with Gasteiger partial charge >= 0.3 is 0 Å². The van der Waals surface area contributed by atoms with Crippen molar-refractivity contribution in [3.05, 3.63) is 63.7 Å². The van der Waals surface area contributed by atoms with E-state index in [1.165, 1.54) is 0 Å². The number of nitrogens with one attached hydrogen (secondary N) is 2. The third-order valence-corrected chi connectivity index (χ3v) is 4.94. The Morgan fingerprint density at radius 3 is 2.50 bits per heavy atom. The summed E-state index contributed by atoms with van der Waals surface area (Å²) < 4.78 is 1.16. The second-order valence-electron chi connectivity index (χ2n) is 6.39. The molecule has 142 valence electrons. The van der Waals surface area contributed by atoms with Gasteiger partial charge in [0.15, 0.2) is 0 Å². The van der Waals surface area contributed by atoms with Crippen LogP contribution < -0.4 is 15.6 Å². The minimum absolute atomic E-state index is 0.414. The topological polar surface area (TPSA) is 78.3 Å². The van der Waals surface area contributed by atoms with Gasteiger partial charge in [0, 0.05) is 22.3 Å². The van der Waals surface area contributed by atoms with Crippen molar-refractivity contribution in [3.8, 4) is 0 Å². The molecule has 0 bridgehead atoms. The minimum Gasteiger partial charge on any atom is -0.341 e. The average molecular weight is 485 g/mol. The lowest BCUT2D eigenvalue weighted by Crippen LogP contribution is -2.21. The van der Waals surface area contributed by atoms with Gasteiger partial charge in [-0.05, 0) is 65.3 Å². The highest BCUT2D eigenvalue weighted by molar-refractivity contribution is 14.1. The van der Waals surface area contributed by atoms with E-state index in [1.807, 2.05) is 48.5 Å². The molecule has 1 fully saturated rings. The molecule has 1 aliphatic heterocycles. The molecule has 0 saturated carbocycles. The number of hydrogen-bond acceptors (Lipinski definition) is 7. The predicted molar refractivity (Wildman–Crippen MR) is 121 cm³/mol. The van der Waals surface area contributed by atoms with Gasteiger partial charge in [0.05, 0.1) is 6.21 Å². The quantitative estimate of drug-likeness (QED) is 0.309. The molecule has 1 aromatic heterocycles. The standard InChI is InChI=1S/C20H20IN7/c21-16-8-6-7-15(13-16)14-22-27-19-24-18(23-17-9-2-1-3-10-17)25-20(26-19)28-11-4-5-12-28/h1-3,6-10,13-14H,4-5,11-12H2,(H2,23,24,25,26,27)/b22-14-.